The van der Waals surface area contributed by atoms with Gasteiger partial charge in [-0.3, -0.25) is 4.79 Å². The number of rotatable bonds is 3. The van der Waals surface area contributed by atoms with Gasteiger partial charge in [0.05, 0.1) is 18.0 Å². The zero-order chi connectivity index (χ0) is 17.6. The minimum Gasteiger partial charge on any atom is -0.365 e. The Morgan fingerprint density at radius 2 is 1.83 bits per heavy atom. The molecule has 1 heterocycles. The Hall–Kier alpha value is -1.61. The van der Waals surface area contributed by atoms with Crippen LogP contribution >= 0.6 is 0 Å². The third-order valence-corrected chi connectivity index (χ3v) is 6.88. The second-order valence-electron chi connectivity index (χ2n) is 5.96. The first kappa shape index (κ1) is 17.2. The third kappa shape index (κ3) is 2.79. The van der Waals surface area contributed by atoms with E-state index in [-0.39, 0.29) is 30.9 Å². The summed E-state index contributed by atoms with van der Waals surface area (Å²) in [7, 11) is -3.94. The van der Waals surface area contributed by atoms with Crippen LogP contribution in [0.15, 0.2) is 35.2 Å². The van der Waals surface area contributed by atoms with Gasteiger partial charge in [0.1, 0.15) is 0 Å². The highest BCUT2D eigenvalue weighted by Crippen LogP contribution is 2.48. The number of morpholine rings is 1. The topological polar surface area (TPSA) is 63.7 Å². The lowest BCUT2D eigenvalue weighted by Gasteiger charge is -2.35. The molecule has 24 heavy (non-hydrogen) atoms. The van der Waals surface area contributed by atoms with E-state index in [1.807, 2.05) is 0 Å². The molecule has 1 amide bonds. The molecule has 9 heteroatoms. The van der Waals surface area contributed by atoms with Crippen LogP contribution in [0, 0.1) is 0 Å². The molecule has 1 saturated carbocycles. The molecule has 0 aromatic heterocycles. The van der Waals surface area contributed by atoms with Gasteiger partial charge in [0.25, 0.3) is 0 Å². The first-order valence-electron chi connectivity index (χ1n) is 7.46. The lowest BCUT2D eigenvalue weighted by Crippen LogP contribution is -2.55. The van der Waals surface area contributed by atoms with Crippen molar-refractivity contribution < 1.29 is 31.1 Å². The van der Waals surface area contributed by atoms with Crippen LogP contribution < -0.4 is 0 Å². The van der Waals surface area contributed by atoms with Crippen LogP contribution in [-0.2, 0) is 19.4 Å². The van der Waals surface area contributed by atoms with Crippen LogP contribution in [0.25, 0.3) is 0 Å². The average Bonchev–Trinajstić information content (AvgIpc) is 3.36. The van der Waals surface area contributed by atoms with E-state index in [1.165, 1.54) is 12.1 Å². The number of hydrogen-bond acceptors (Lipinski definition) is 4. The molecule has 0 N–H and O–H groups in total. The van der Waals surface area contributed by atoms with Gasteiger partial charge in [-0.1, -0.05) is 18.2 Å². The molecule has 2 fully saturated rings. The van der Waals surface area contributed by atoms with Crippen molar-refractivity contribution >= 4 is 15.7 Å². The smallest absolute Gasteiger partial charge is 0.365 e. The fourth-order valence-corrected chi connectivity index (χ4v) is 4.82. The first-order valence-corrected chi connectivity index (χ1v) is 8.94. The van der Waals surface area contributed by atoms with Crippen molar-refractivity contribution in [2.75, 3.05) is 19.7 Å². The van der Waals surface area contributed by atoms with Crippen LogP contribution in [0.1, 0.15) is 12.8 Å². The number of sulfone groups is 1. The lowest BCUT2D eigenvalue weighted by atomic mass is 10.2. The summed E-state index contributed by atoms with van der Waals surface area (Å²) in [6, 6.07) is 7.51. The Balaban J connectivity index is 1.84. The van der Waals surface area contributed by atoms with Crippen LogP contribution in [0.2, 0.25) is 0 Å². The number of benzene rings is 1. The van der Waals surface area contributed by atoms with Gasteiger partial charge in [-0.15, -0.1) is 0 Å². The summed E-state index contributed by atoms with van der Waals surface area (Å²) in [5, 5.41) is 0. The van der Waals surface area contributed by atoms with Gasteiger partial charge in [-0.25, -0.2) is 8.42 Å². The van der Waals surface area contributed by atoms with E-state index in [1.54, 1.807) is 18.2 Å². The number of carbonyl (C=O) groups is 1. The van der Waals surface area contributed by atoms with Gasteiger partial charge in [0, 0.05) is 6.54 Å². The first-order chi connectivity index (χ1) is 11.2. The molecule has 2 aliphatic rings. The predicted octanol–water partition coefficient (Wildman–Crippen LogP) is 1.78. The van der Waals surface area contributed by atoms with Gasteiger partial charge >= 0.3 is 6.18 Å². The number of alkyl halides is 3. The molecule has 3 rings (SSSR count). The second-order valence-corrected chi connectivity index (χ2v) is 8.22. The molecule has 132 valence electrons. The minimum atomic E-state index is -4.59. The summed E-state index contributed by atoms with van der Waals surface area (Å²) in [5.41, 5.74) is 0. The number of carbonyl (C=O) groups excluding carboxylic acids is 1. The molecular formula is C15H16F3NO4S. The number of ether oxygens (including phenoxy) is 1. The molecule has 1 unspecified atom stereocenters. The van der Waals surface area contributed by atoms with Crippen LogP contribution in [-0.4, -0.2) is 55.9 Å². The summed E-state index contributed by atoms with van der Waals surface area (Å²) in [6.07, 6.45) is -6.42. The summed E-state index contributed by atoms with van der Waals surface area (Å²) < 4.78 is 67.0. The Labute approximate surface area is 137 Å². The lowest BCUT2D eigenvalue weighted by molar-refractivity contribution is -0.236. The summed E-state index contributed by atoms with van der Waals surface area (Å²) in [4.78, 5) is 13.7. The van der Waals surface area contributed by atoms with Crippen molar-refractivity contribution in [2.24, 2.45) is 0 Å². The molecular weight excluding hydrogens is 347 g/mol. The summed E-state index contributed by atoms with van der Waals surface area (Å²) in [6.45, 7) is -0.983. The zero-order valence-electron chi connectivity index (χ0n) is 12.6. The van der Waals surface area contributed by atoms with E-state index in [2.05, 4.69) is 4.74 Å². The monoisotopic (exact) mass is 363 g/mol. The maximum absolute atomic E-state index is 12.8. The number of amides is 1. The molecule has 1 atom stereocenters. The Morgan fingerprint density at radius 3 is 2.38 bits per heavy atom. The molecule has 0 radical (unpaired) electrons. The molecule has 1 aromatic rings. The molecule has 1 aliphatic carbocycles. The van der Waals surface area contributed by atoms with Crippen LogP contribution in [0.4, 0.5) is 13.2 Å². The molecule has 0 spiro atoms. The summed E-state index contributed by atoms with van der Waals surface area (Å²) in [5.74, 6) is -0.760. The Kier molecular flexibility index (Phi) is 4.11. The van der Waals surface area contributed by atoms with Crippen molar-refractivity contribution in [3.63, 3.8) is 0 Å². The van der Waals surface area contributed by atoms with E-state index >= 15 is 0 Å². The maximum Gasteiger partial charge on any atom is 0.416 e. The predicted molar refractivity (Wildman–Crippen MR) is 78.0 cm³/mol. The Bertz CT molecular complexity index is 729. The number of hydrogen-bond donors (Lipinski definition) is 0. The molecule has 1 aliphatic heterocycles. The molecule has 5 nitrogen and oxygen atoms in total. The van der Waals surface area contributed by atoms with E-state index < -0.39 is 39.3 Å². The van der Waals surface area contributed by atoms with Crippen molar-refractivity contribution in [3.8, 4) is 0 Å². The van der Waals surface area contributed by atoms with Crippen LogP contribution in [0.3, 0.4) is 0 Å². The van der Waals surface area contributed by atoms with E-state index in [0.29, 0.717) is 0 Å². The highest BCUT2D eigenvalue weighted by molar-refractivity contribution is 7.94. The van der Waals surface area contributed by atoms with Gasteiger partial charge in [-0.05, 0) is 25.0 Å². The van der Waals surface area contributed by atoms with E-state index in [4.69, 9.17) is 0 Å². The maximum atomic E-state index is 12.8. The average molecular weight is 363 g/mol. The van der Waals surface area contributed by atoms with E-state index in [9.17, 15) is 26.4 Å². The summed E-state index contributed by atoms with van der Waals surface area (Å²) >= 11 is 0. The van der Waals surface area contributed by atoms with Crippen molar-refractivity contribution in [1.29, 1.82) is 0 Å². The fourth-order valence-electron chi connectivity index (χ4n) is 2.86. The number of halogens is 3. The van der Waals surface area contributed by atoms with E-state index in [0.717, 1.165) is 4.90 Å². The van der Waals surface area contributed by atoms with Crippen LogP contribution in [0.5, 0.6) is 0 Å². The van der Waals surface area contributed by atoms with Gasteiger partial charge < -0.3 is 9.64 Å². The Morgan fingerprint density at radius 1 is 1.21 bits per heavy atom. The van der Waals surface area contributed by atoms with Gasteiger partial charge in [-0.2, -0.15) is 13.2 Å². The minimum absolute atomic E-state index is 0.0106. The van der Waals surface area contributed by atoms with Gasteiger partial charge in [0.2, 0.25) is 5.91 Å². The number of nitrogens with zero attached hydrogens (tertiary/aromatic N) is 1. The highest BCUT2D eigenvalue weighted by Gasteiger charge is 2.63. The molecule has 0 bridgehead atoms. The molecule has 1 aromatic carbocycles. The SMILES string of the molecule is O=C(N1CCOC(C(F)(F)F)C1)C1(S(=O)(=O)c2ccccc2)CC1. The van der Waals surface area contributed by atoms with Crippen molar-refractivity contribution in [2.45, 2.75) is 34.8 Å². The third-order valence-electron chi connectivity index (χ3n) is 4.38. The van der Waals surface area contributed by atoms with Crippen molar-refractivity contribution in [3.05, 3.63) is 30.3 Å². The zero-order valence-corrected chi connectivity index (χ0v) is 13.4. The van der Waals surface area contributed by atoms with Crippen molar-refractivity contribution in [1.82, 2.24) is 4.90 Å². The normalized spacial score (nSPS) is 23.8. The van der Waals surface area contributed by atoms with Gasteiger partial charge in [0.15, 0.2) is 20.7 Å². The quantitative estimate of drug-likeness (QED) is 0.821. The fraction of sp³-hybridized carbons (Fsp3) is 0.533. The molecule has 1 saturated heterocycles. The largest absolute Gasteiger partial charge is 0.416 e. The highest BCUT2D eigenvalue weighted by atomic mass is 32.2. The second kappa shape index (κ2) is 5.73. The standard InChI is InChI=1S/C15H16F3NO4S/c16-15(17,18)12-10-19(8-9-23-12)13(20)14(6-7-14)24(21,22)11-4-2-1-3-5-11/h1-5,12H,6-10H2.